The van der Waals surface area contributed by atoms with Crippen molar-refractivity contribution in [2.45, 2.75) is 19.8 Å². The van der Waals surface area contributed by atoms with E-state index in [0.29, 0.717) is 0 Å². The fraction of sp³-hybridized carbons (Fsp3) is 0.300. The van der Waals surface area contributed by atoms with E-state index in [1.807, 2.05) is 17.4 Å². The summed E-state index contributed by atoms with van der Waals surface area (Å²) in [5.74, 6) is 0. The quantitative estimate of drug-likeness (QED) is 0.634. The van der Waals surface area contributed by atoms with Crippen LogP contribution >= 0.6 is 15.9 Å². The molecule has 0 aliphatic carbocycles. The SMILES string of the molecule is CC1=C2C=CC(Br)=CN2N=CCC1. The fourth-order valence-corrected chi connectivity index (χ4v) is 1.78. The van der Waals surface area contributed by atoms with Gasteiger partial charge in [0.15, 0.2) is 0 Å². The highest BCUT2D eigenvalue weighted by Crippen LogP contribution is 2.26. The molecule has 0 atom stereocenters. The Bertz CT molecular complexity index is 337. The van der Waals surface area contributed by atoms with E-state index in [4.69, 9.17) is 0 Å². The molecule has 2 aliphatic heterocycles. The molecule has 0 saturated carbocycles. The lowest BCUT2D eigenvalue weighted by atomic mass is 10.1. The van der Waals surface area contributed by atoms with Gasteiger partial charge >= 0.3 is 0 Å². The van der Waals surface area contributed by atoms with Crippen LogP contribution in [0.3, 0.4) is 0 Å². The van der Waals surface area contributed by atoms with Crippen molar-refractivity contribution in [2.75, 3.05) is 0 Å². The van der Waals surface area contributed by atoms with Gasteiger partial charge < -0.3 is 0 Å². The molecule has 0 amide bonds. The van der Waals surface area contributed by atoms with Crippen LogP contribution < -0.4 is 0 Å². The third-order valence-corrected chi connectivity index (χ3v) is 2.65. The first-order valence-electron chi connectivity index (χ1n) is 4.34. The predicted octanol–water partition coefficient (Wildman–Crippen LogP) is 3.15. The first-order valence-corrected chi connectivity index (χ1v) is 5.13. The summed E-state index contributed by atoms with van der Waals surface area (Å²) in [6, 6.07) is 0. The number of hydrazone groups is 1. The van der Waals surface area contributed by atoms with Crippen LogP contribution in [0.5, 0.6) is 0 Å². The van der Waals surface area contributed by atoms with Crippen molar-refractivity contribution in [3.63, 3.8) is 0 Å². The molecular formula is C10H11BrN2. The normalized spacial score (nSPS) is 21.4. The monoisotopic (exact) mass is 238 g/mol. The van der Waals surface area contributed by atoms with Crippen molar-refractivity contribution in [3.05, 3.63) is 34.1 Å². The third-order valence-electron chi connectivity index (χ3n) is 2.18. The summed E-state index contributed by atoms with van der Waals surface area (Å²) in [6.45, 7) is 2.16. The van der Waals surface area contributed by atoms with Gasteiger partial charge in [-0.25, -0.2) is 5.01 Å². The summed E-state index contributed by atoms with van der Waals surface area (Å²) < 4.78 is 1.06. The Morgan fingerprint density at radius 3 is 3.15 bits per heavy atom. The minimum Gasteiger partial charge on any atom is -0.240 e. The molecule has 3 heteroatoms. The van der Waals surface area contributed by atoms with Crippen LogP contribution in [0.2, 0.25) is 0 Å². The summed E-state index contributed by atoms with van der Waals surface area (Å²) in [5.41, 5.74) is 2.60. The van der Waals surface area contributed by atoms with Gasteiger partial charge in [0.25, 0.3) is 0 Å². The molecule has 0 spiro atoms. The minimum absolute atomic E-state index is 1.03. The van der Waals surface area contributed by atoms with E-state index >= 15 is 0 Å². The maximum absolute atomic E-state index is 4.34. The van der Waals surface area contributed by atoms with Gasteiger partial charge in [-0.1, -0.05) is 0 Å². The summed E-state index contributed by atoms with van der Waals surface area (Å²) in [4.78, 5) is 0. The van der Waals surface area contributed by atoms with Crippen molar-refractivity contribution < 1.29 is 0 Å². The Balaban J connectivity index is 2.41. The molecule has 0 unspecified atom stereocenters. The lowest BCUT2D eigenvalue weighted by Gasteiger charge is -2.19. The molecular weight excluding hydrogens is 228 g/mol. The first-order chi connectivity index (χ1) is 6.27. The number of fused-ring (bicyclic) bond motifs is 1. The predicted molar refractivity (Wildman–Crippen MR) is 58.4 cm³/mol. The van der Waals surface area contributed by atoms with E-state index in [1.165, 1.54) is 11.3 Å². The maximum Gasteiger partial charge on any atom is 0.0635 e. The van der Waals surface area contributed by atoms with Gasteiger partial charge in [-0.05, 0) is 53.4 Å². The van der Waals surface area contributed by atoms with Crippen LogP contribution in [-0.2, 0) is 0 Å². The van der Waals surface area contributed by atoms with E-state index < -0.39 is 0 Å². The van der Waals surface area contributed by atoms with Crippen LogP contribution in [0, 0.1) is 0 Å². The second-order valence-electron chi connectivity index (χ2n) is 3.19. The number of nitrogens with zero attached hydrogens (tertiary/aromatic N) is 2. The zero-order valence-corrected chi connectivity index (χ0v) is 9.08. The first kappa shape index (κ1) is 8.75. The highest BCUT2D eigenvalue weighted by molar-refractivity contribution is 9.11. The van der Waals surface area contributed by atoms with Crippen molar-refractivity contribution in [3.8, 4) is 0 Å². The minimum atomic E-state index is 1.03. The maximum atomic E-state index is 4.34. The van der Waals surface area contributed by atoms with E-state index in [1.54, 1.807) is 0 Å². The molecule has 0 aromatic rings. The van der Waals surface area contributed by atoms with Crippen molar-refractivity contribution in [1.29, 1.82) is 0 Å². The lowest BCUT2D eigenvalue weighted by molar-refractivity contribution is 0.508. The molecule has 0 fully saturated rings. The van der Waals surface area contributed by atoms with Crippen LogP contribution in [-0.4, -0.2) is 11.2 Å². The third kappa shape index (κ3) is 1.75. The molecule has 2 rings (SSSR count). The van der Waals surface area contributed by atoms with Gasteiger partial charge in [0.05, 0.1) is 5.70 Å². The number of hydrogen-bond acceptors (Lipinski definition) is 2. The number of hydrogen-bond donors (Lipinski definition) is 0. The van der Waals surface area contributed by atoms with E-state index in [2.05, 4.69) is 40.1 Å². The van der Waals surface area contributed by atoms with Crippen LogP contribution in [0.15, 0.2) is 39.2 Å². The highest BCUT2D eigenvalue weighted by atomic mass is 79.9. The molecule has 0 N–H and O–H groups in total. The van der Waals surface area contributed by atoms with Gasteiger partial charge in [0.2, 0.25) is 0 Å². The average molecular weight is 239 g/mol. The number of halogens is 1. The van der Waals surface area contributed by atoms with Crippen molar-refractivity contribution >= 4 is 22.1 Å². The number of allylic oxidation sites excluding steroid dienone is 4. The van der Waals surface area contributed by atoms with Crippen LogP contribution in [0.25, 0.3) is 0 Å². The largest absolute Gasteiger partial charge is 0.240 e. The Morgan fingerprint density at radius 2 is 2.31 bits per heavy atom. The molecule has 2 aliphatic rings. The Morgan fingerprint density at radius 1 is 1.46 bits per heavy atom. The zero-order valence-electron chi connectivity index (χ0n) is 7.50. The smallest absolute Gasteiger partial charge is 0.0635 e. The summed E-state index contributed by atoms with van der Waals surface area (Å²) in [5, 5.41) is 6.26. The Labute approximate surface area is 86.4 Å². The van der Waals surface area contributed by atoms with Crippen LogP contribution in [0.1, 0.15) is 19.8 Å². The molecule has 2 nitrogen and oxygen atoms in total. The standard InChI is InChI=1S/C10H11BrN2/c1-8-3-2-6-12-13-7-9(11)4-5-10(8)13/h4-7H,2-3H2,1H3. The van der Waals surface area contributed by atoms with Gasteiger partial charge in [0.1, 0.15) is 0 Å². The van der Waals surface area contributed by atoms with Crippen molar-refractivity contribution in [1.82, 2.24) is 5.01 Å². The molecule has 68 valence electrons. The van der Waals surface area contributed by atoms with Crippen molar-refractivity contribution in [2.24, 2.45) is 5.10 Å². The van der Waals surface area contributed by atoms with Crippen LogP contribution in [0.4, 0.5) is 0 Å². The Kier molecular flexibility index (Phi) is 2.36. The molecule has 0 aromatic heterocycles. The summed E-state index contributed by atoms with van der Waals surface area (Å²) in [7, 11) is 0. The topological polar surface area (TPSA) is 15.6 Å². The summed E-state index contributed by atoms with van der Waals surface area (Å²) in [6.07, 6.45) is 10.2. The molecule has 2 heterocycles. The van der Waals surface area contributed by atoms with Gasteiger partial charge in [-0.2, -0.15) is 5.10 Å². The molecule has 0 saturated heterocycles. The molecule has 0 bridgehead atoms. The van der Waals surface area contributed by atoms with Gasteiger partial charge in [0, 0.05) is 16.9 Å². The Hall–Kier alpha value is -0.830. The fourth-order valence-electron chi connectivity index (χ4n) is 1.45. The molecule has 0 aromatic carbocycles. The van der Waals surface area contributed by atoms with E-state index in [0.717, 1.165) is 17.3 Å². The molecule has 0 radical (unpaired) electrons. The van der Waals surface area contributed by atoms with Gasteiger partial charge in [-0.15, -0.1) is 0 Å². The summed E-state index contributed by atoms with van der Waals surface area (Å²) >= 11 is 3.43. The number of rotatable bonds is 0. The lowest BCUT2D eigenvalue weighted by Crippen LogP contribution is -2.11. The highest BCUT2D eigenvalue weighted by Gasteiger charge is 2.12. The average Bonchev–Trinajstić information content (AvgIpc) is 2.28. The van der Waals surface area contributed by atoms with E-state index in [9.17, 15) is 0 Å². The zero-order chi connectivity index (χ0) is 9.26. The molecule has 13 heavy (non-hydrogen) atoms. The van der Waals surface area contributed by atoms with Gasteiger partial charge in [-0.3, -0.25) is 0 Å². The van der Waals surface area contributed by atoms with E-state index in [-0.39, 0.29) is 0 Å². The second kappa shape index (κ2) is 3.50. The second-order valence-corrected chi connectivity index (χ2v) is 4.11.